The molecule has 176 valence electrons. The first-order valence-corrected chi connectivity index (χ1v) is 10.8. The van der Waals surface area contributed by atoms with Crippen LogP contribution in [0.1, 0.15) is 26.3 Å². The van der Waals surface area contributed by atoms with Crippen molar-refractivity contribution >= 4 is 11.8 Å². The fraction of sp³-hybridized carbons (Fsp3) is 0.231. The van der Waals surface area contributed by atoms with Crippen molar-refractivity contribution in [1.29, 1.82) is 0 Å². The lowest BCUT2D eigenvalue weighted by Crippen LogP contribution is -2.50. The maximum atomic E-state index is 13.1. The second-order valence-corrected chi connectivity index (χ2v) is 7.94. The van der Waals surface area contributed by atoms with E-state index in [1.54, 1.807) is 23.0 Å². The largest absolute Gasteiger partial charge is 0.496 e. The number of rotatable bonds is 4. The normalized spacial score (nSPS) is 14.1. The molecule has 1 heterocycles. The Balaban J connectivity index is 1.42. The molecule has 3 aromatic rings. The summed E-state index contributed by atoms with van der Waals surface area (Å²) in [4.78, 5) is 29.0. The van der Waals surface area contributed by atoms with E-state index in [9.17, 15) is 22.8 Å². The number of piperazine rings is 1. The van der Waals surface area contributed by atoms with Gasteiger partial charge in [-0.25, -0.2) is 0 Å². The molecule has 3 aromatic carbocycles. The molecule has 0 saturated carbocycles. The van der Waals surface area contributed by atoms with Crippen molar-refractivity contribution in [3.05, 3.63) is 89.5 Å². The maximum Gasteiger partial charge on any atom is 0.416 e. The van der Waals surface area contributed by atoms with Crippen molar-refractivity contribution in [2.24, 2.45) is 0 Å². The van der Waals surface area contributed by atoms with E-state index >= 15 is 0 Å². The van der Waals surface area contributed by atoms with E-state index < -0.39 is 11.7 Å². The summed E-state index contributed by atoms with van der Waals surface area (Å²) < 4.78 is 43.7. The molecule has 1 fully saturated rings. The number of nitrogens with zero attached hydrogens (tertiary/aromatic N) is 2. The molecule has 0 unspecified atom stereocenters. The van der Waals surface area contributed by atoms with Crippen LogP contribution in [-0.2, 0) is 6.18 Å². The van der Waals surface area contributed by atoms with Gasteiger partial charge in [0, 0.05) is 42.9 Å². The van der Waals surface area contributed by atoms with Gasteiger partial charge in [-0.15, -0.1) is 0 Å². The highest BCUT2D eigenvalue weighted by atomic mass is 19.4. The molecule has 0 aromatic heterocycles. The maximum absolute atomic E-state index is 13.1. The first-order valence-electron chi connectivity index (χ1n) is 10.8. The lowest BCUT2D eigenvalue weighted by molar-refractivity contribution is -0.137. The van der Waals surface area contributed by atoms with Crippen LogP contribution < -0.4 is 4.74 Å². The molecule has 0 aliphatic carbocycles. The number of benzene rings is 3. The predicted molar refractivity (Wildman–Crippen MR) is 122 cm³/mol. The van der Waals surface area contributed by atoms with Gasteiger partial charge in [-0.2, -0.15) is 13.2 Å². The number of carbonyl (C=O) groups excluding carboxylic acids is 2. The standard InChI is InChI=1S/C26H23F3N2O3/c1-34-23-8-3-2-7-22(23)19-5-4-6-20(17-19)25(33)31-15-13-30(14-16-31)24(32)18-9-11-21(12-10-18)26(27,28)29/h2-12,17H,13-16H2,1H3. The van der Waals surface area contributed by atoms with E-state index in [-0.39, 0.29) is 17.4 Å². The minimum Gasteiger partial charge on any atom is -0.496 e. The van der Waals surface area contributed by atoms with Crippen LogP contribution in [-0.4, -0.2) is 54.9 Å². The Morgan fingerprint density at radius 2 is 1.35 bits per heavy atom. The van der Waals surface area contributed by atoms with Crippen molar-refractivity contribution < 1.29 is 27.5 Å². The number of para-hydroxylation sites is 1. The van der Waals surface area contributed by atoms with Crippen molar-refractivity contribution in [1.82, 2.24) is 9.80 Å². The Morgan fingerprint density at radius 1 is 0.765 bits per heavy atom. The third kappa shape index (κ3) is 4.90. The molecule has 5 nitrogen and oxygen atoms in total. The summed E-state index contributed by atoms with van der Waals surface area (Å²) in [6, 6.07) is 19.0. The van der Waals surface area contributed by atoms with Crippen LogP contribution in [0, 0.1) is 0 Å². The highest BCUT2D eigenvalue weighted by Crippen LogP contribution is 2.31. The van der Waals surface area contributed by atoms with Gasteiger partial charge in [0.05, 0.1) is 12.7 Å². The summed E-state index contributed by atoms with van der Waals surface area (Å²) in [7, 11) is 1.60. The molecule has 0 N–H and O–H groups in total. The highest BCUT2D eigenvalue weighted by Gasteiger charge is 2.31. The average Bonchev–Trinajstić information content (AvgIpc) is 2.87. The number of halogens is 3. The van der Waals surface area contributed by atoms with E-state index in [1.807, 2.05) is 42.5 Å². The molecule has 8 heteroatoms. The zero-order chi connectivity index (χ0) is 24.3. The van der Waals surface area contributed by atoms with E-state index in [4.69, 9.17) is 4.74 Å². The Morgan fingerprint density at radius 3 is 1.94 bits per heavy atom. The van der Waals surface area contributed by atoms with Gasteiger partial charge in [-0.05, 0) is 48.0 Å². The molecular weight excluding hydrogens is 445 g/mol. The zero-order valence-corrected chi connectivity index (χ0v) is 18.5. The van der Waals surface area contributed by atoms with Crippen LogP contribution >= 0.6 is 0 Å². The van der Waals surface area contributed by atoms with Crippen LogP contribution in [0.3, 0.4) is 0 Å². The van der Waals surface area contributed by atoms with Crippen LogP contribution in [0.2, 0.25) is 0 Å². The lowest BCUT2D eigenvalue weighted by Gasteiger charge is -2.35. The molecule has 0 atom stereocenters. The number of ether oxygens (including phenoxy) is 1. The molecule has 2 amide bonds. The van der Waals surface area contributed by atoms with Gasteiger partial charge >= 0.3 is 6.18 Å². The minimum absolute atomic E-state index is 0.140. The van der Waals surface area contributed by atoms with Gasteiger partial charge in [0.25, 0.3) is 11.8 Å². The van der Waals surface area contributed by atoms with E-state index in [1.165, 1.54) is 12.1 Å². The van der Waals surface area contributed by atoms with Gasteiger partial charge in [0.1, 0.15) is 5.75 Å². The highest BCUT2D eigenvalue weighted by molar-refractivity contribution is 5.97. The number of alkyl halides is 3. The van der Waals surface area contributed by atoms with E-state index in [0.717, 1.165) is 23.3 Å². The number of hydrogen-bond donors (Lipinski definition) is 0. The number of hydrogen-bond acceptors (Lipinski definition) is 3. The molecule has 4 rings (SSSR count). The molecule has 34 heavy (non-hydrogen) atoms. The topological polar surface area (TPSA) is 49.9 Å². The third-order valence-electron chi connectivity index (χ3n) is 5.84. The molecule has 0 bridgehead atoms. The molecule has 0 radical (unpaired) electrons. The quantitative estimate of drug-likeness (QED) is 0.543. The SMILES string of the molecule is COc1ccccc1-c1cccc(C(=O)N2CCN(C(=O)c3ccc(C(F)(F)F)cc3)CC2)c1. The molecule has 1 saturated heterocycles. The van der Waals surface area contributed by atoms with Crippen molar-refractivity contribution in [3.8, 4) is 16.9 Å². The third-order valence-corrected chi connectivity index (χ3v) is 5.84. The first-order chi connectivity index (χ1) is 16.3. The monoisotopic (exact) mass is 468 g/mol. The molecular formula is C26H23F3N2O3. The van der Waals surface area contributed by atoms with Crippen LogP contribution in [0.5, 0.6) is 5.75 Å². The van der Waals surface area contributed by atoms with Gasteiger partial charge in [0.15, 0.2) is 0 Å². The summed E-state index contributed by atoms with van der Waals surface area (Å²) in [6.45, 7) is 1.28. The fourth-order valence-electron chi connectivity index (χ4n) is 3.98. The predicted octanol–water partition coefficient (Wildman–Crippen LogP) is 4.98. The summed E-state index contributed by atoms with van der Waals surface area (Å²) >= 11 is 0. The zero-order valence-electron chi connectivity index (χ0n) is 18.5. The number of methoxy groups -OCH3 is 1. The molecule has 1 aliphatic rings. The van der Waals surface area contributed by atoms with E-state index in [0.29, 0.717) is 37.5 Å². The van der Waals surface area contributed by atoms with Crippen molar-refractivity contribution in [2.45, 2.75) is 6.18 Å². The fourth-order valence-corrected chi connectivity index (χ4v) is 3.98. The number of carbonyl (C=O) groups is 2. The van der Waals surface area contributed by atoms with Crippen LogP contribution in [0.25, 0.3) is 11.1 Å². The summed E-state index contributed by atoms with van der Waals surface area (Å²) in [5, 5.41) is 0. The Hall–Kier alpha value is -3.81. The van der Waals surface area contributed by atoms with Crippen LogP contribution in [0.15, 0.2) is 72.8 Å². The summed E-state index contributed by atoms with van der Waals surface area (Å²) in [5.41, 5.74) is 1.67. The summed E-state index contributed by atoms with van der Waals surface area (Å²) in [6.07, 6.45) is -4.45. The first kappa shape index (κ1) is 23.4. The average molecular weight is 468 g/mol. The second kappa shape index (κ2) is 9.59. The molecule has 0 spiro atoms. The van der Waals surface area contributed by atoms with Gasteiger partial charge in [-0.1, -0.05) is 30.3 Å². The summed E-state index contributed by atoms with van der Waals surface area (Å²) in [5.74, 6) is 0.222. The molecule has 1 aliphatic heterocycles. The van der Waals surface area contributed by atoms with Crippen molar-refractivity contribution in [3.63, 3.8) is 0 Å². The Kier molecular flexibility index (Phi) is 6.58. The number of amides is 2. The van der Waals surface area contributed by atoms with E-state index in [2.05, 4.69) is 0 Å². The minimum atomic E-state index is -4.45. The Labute approximate surface area is 195 Å². The smallest absolute Gasteiger partial charge is 0.416 e. The van der Waals surface area contributed by atoms with Gasteiger partial charge in [0.2, 0.25) is 0 Å². The lowest BCUT2D eigenvalue weighted by atomic mass is 10.0. The van der Waals surface area contributed by atoms with Crippen LogP contribution in [0.4, 0.5) is 13.2 Å². The van der Waals surface area contributed by atoms with Gasteiger partial charge in [-0.3, -0.25) is 9.59 Å². The van der Waals surface area contributed by atoms with Gasteiger partial charge < -0.3 is 14.5 Å². The Bertz CT molecular complexity index is 1180. The van der Waals surface area contributed by atoms with Crippen molar-refractivity contribution in [2.75, 3.05) is 33.3 Å². The second-order valence-electron chi connectivity index (χ2n) is 7.94.